The molecule has 1 amide bonds. The maximum atomic E-state index is 13.4. The van der Waals surface area contributed by atoms with Gasteiger partial charge in [-0.15, -0.1) is 22.7 Å². The third-order valence-corrected chi connectivity index (χ3v) is 6.02. The predicted molar refractivity (Wildman–Crippen MR) is 109 cm³/mol. The molecule has 0 radical (unpaired) electrons. The molecule has 0 bridgehead atoms. The molecule has 0 aliphatic heterocycles. The molecule has 5 nitrogen and oxygen atoms in total. The fourth-order valence-electron chi connectivity index (χ4n) is 2.99. The molecule has 136 valence electrons. The van der Waals surface area contributed by atoms with Crippen LogP contribution >= 0.6 is 22.7 Å². The number of aromatic nitrogens is 2. The van der Waals surface area contributed by atoms with Gasteiger partial charge in [0.15, 0.2) is 5.69 Å². The van der Waals surface area contributed by atoms with Crippen LogP contribution in [0, 0.1) is 0 Å². The largest absolute Gasteiger partial charge is 0.327 e. The van der Waals surface area contributed by atoms with Crippen molar-refractivity contribution in [2.45, 2.75) is 13.1 Å². The lowest BCUT2D eigenvalue weighted by molar-refractivity contribution is 0.0727. The number of benzene rings is 1. The number of carbonyl (C=O) groups is 1. The predicted octanol–water partition coefficient (Wildman–Crippen LogP) is 3.90. The first kappa shape index (κ1) is 17.6. The second-order valence-electron chi connectivity index (χ2n) is 6.14. The minimum Gasteiger partial charge on any atom is -0.327 e. The standard InChI is InChI=1S/C20H17N3O2S2/c1-22-19(24)17-9-3-2-8-16(17)18(21-22)20(25)23(12-14-6-4-10-26-14)13-15-7-5-11-27-15/h2-11H,12-13H2,1H3. The Bertz CT molecular complexity index is 1100. The van der Waals surface area contributed by atoms with Gasteiger partial charge in [0.25, 0.3) is 11.5 Å². The van der Waals surface area contributed by atoms with Crippen molar-refractivity contribution in [1.82, 2.24) is 14.7 Å². The highest BCUT2D eigenvalue weighted by Gasteiger charge is 2.22. The molecule has 0 aliphatic rings. The lowest BCUT2D eigenvalue weighted by Gasteiger charge is -2.22. The summed E-state index contributed by atoms with van der Waals surface area (Å²) in [7, 11) is 1.58. The van der Waals surface area contributed by atoms with Crippen molar-refractivity contribution in [3.05, 3.63) is 85.1 Å². The van der Waals surface area contributed by atoms with E-state index < -0.39 is 0 Å². The zero-order valence-electron chi connectivity index (χ0n) is 14.7. The van der Waals surface area contributed by atoms with Crippen LogP contribution < -0.4 is 5.56 Å². The SMILES string of the molecule is Cn1nc(C(=O)N(Cc2cccs2)Cc2cccs2)c2ccccc2c1=O. The molecule has 3 aromatic heterocycles. The van der Waals surface area contributed by atoms with E-state index in [1.807, 2.05) is 41.1 Å². The number of hydrogen-bond donors (Lipinski definition) is 0. The molecule has 7 heteroatoms. The highest BCUT2D eigenvalue weighted by Crippen LogP contribution is 2.21. The van der Waals surface area contributed by atoms with Crippen molar-refractivity contribution in [1.29, 1.82) is 0 Å². The second kappa shape index (κ2) is 7.46. The van der Waals surface area contributed by atoms with Gasteiger partial charge in [-0.05, 0) is 29.0 Å². The minimum absolute atomic E-state index is 0.177. The second-order valence-corrected chi connectivity index (χ2v) is 8.21. The molecule has 0 saturated heterocycles. The Morgan fingerprint density at radius 2 is 1.56 bits per heavy atom. The Morgan fingerprint density at radius 3 is 2.11 bits per heavy atom. The van der Waals surface area contributed by atoms with Crippen LogP contribution in [-0.2, 0) is 20.1 Å². The van der Waals surface area contributed by atoms with Crippen molar-refractivity contribution in [3.8, 4) is 0 Å². The van der Waals surface area contributed by atoms with Crippen molar-refractivity contribution in [2.75, 3.05) is 0 Å². The zero-order chi connectivity index (χ0) is 18.8. The molecule has 0 atom stereocenters. The van der Waals surface area contributed by atoms with Gasteiger partial charge in [-0.25, -0.2) is 4.68 Å². The third kappa shape index (κ3) is 3.56. The first-order valence-electron chi connectivity index (χ1n) is 8.43. The van der Waals surface area contributed by atoms with Crippen LogP contribution in [0.25, 0.3) is 10.8 Å². The maximum absolute atomic E-state index is 13.4. The smallest absolute Gasteiger partial charge is 0.275 e. The van der Waals surface area contributed by atoms with E-state index in [1.165, 1.54) is 4.68 Å². The first-order chi connectivity index (χ1) is 13.1. The first-order valence-corrected chi connectivity index (χ1v) is 10.2. The van der Waals surface area contributed by atoms with Crippen LogP contribution in [0.2, 0.25) is 0 Å². The fourth-order valence-corrected chi connectivity index (χ4v) is 4.43. The molecule has 0 N–H and O–H groups in total. The summed E-state index contributed by atoms with van der Waals surface area (Å²) in [5, 5.41) is 9.40. The number of thiophene rings is 2. The average Bonchev–Trinajstić information content (AvgIpc) is 3.38. The Morgan fingerprint density at radius 1 is 0.963 bits per heavy atom. The Balaban J connectivity index is 1.78. The maximum Gasteiger partial charge on any atom is 0.275 e. The monoisotopic (exact) mass is 395 g/mol. The summed E-state index contributed by atoms with van der Waals surface area (Å²) >= 11 is 3.24. The molecule has 0 spiro atoms. The highest BCUT2D eigenvalue weighted by molar-refractivity contribution is 7.10. The topological polar surface area (TPSA) is 55.2 Å². The van der Waals surface area contributed by atoms with Gasteiger partial charge in [-0.1, -0.05) is 30.3 Å². The van der Waals surface area contributed by atoms with Gasteiger partial charge in [0.2, 0.25) is 0 Å². The van der Waals surface area contributed by atoms with Crippen LogP contribution in [0.5, 0.6) is 0 Å². The third-order valence-electron chi connectivity index (χ3n) is 4.30. The number of amides is 1. The van der Waals surface area contributed by atoms with Crippen molar-refractivity contribution in [2.24, 2.45) is 7.05 Å². The van der Waals surface area contributed by atoms with E-state index in [1.54, 1.807) is 52.8 Å². The van der Waals surface area contributed by atoms with Gasteiger partial charge in [-0.2, -0.15) is 5.10 Å². The van der Waals surface area contributed by atoms with Crippen LogP contribution in [0.4, 0.5) is 0 Å². The van der Waals surface area contributed by atoms with E-state index in [4.69, 9.17) is 0 Å². The van der Waals surface area contributed by atoms with Crippen LogP contribution in [0.15, 0.2) is 64.1 Å². The number of aryl methyl sites for hydroxylation is 1. The summed E-state index contributed by atoms with van der Waals surface area (Å²) in [4.78, 5) is 29.8. The van der Waals surface area contributed by atoms with Crippen molar-refractivity contribution < 1.29 is 4.79 Å². The molecule has 0 aliphatic carbocycles. The number of rotatable bonds is 5. The van der Waals surface area contributed by atoms with Crippen LogP contribution in [-0.4, -0.2) is 20.6 Å². The van der Waals surface area contributed by atoms with Gasteiger partial charge < -0.3 is 4.90 Å². The molecule has 0 fully saturated rings. The van der Waals surface area contributed by atoms with Gasteiger partial charge in [-0.3, -0.25) is 9.59 Å². The number of carbonyl (C=O) groups excluding carboxylic acids is 1. The summed E-state index contributed by atoms with van der Waals surface area (Å²) in [5.74, 6) is -0.177. The van der Waals surface area contributed by atoms with Gasteiger partial charge in [0, 0.05) is 22.2 Å². The highest BCUT2D eigenvalue weighted by atomic mass is 32.1. The van der Waals surface area contributed by atoms with Gasteiger partial charge in [0.05, 0.1) is 18.5 Å². The molecule has 0 saturated carbocycles. The Kier molecular flexibility index (Phi) is 4.87. The van der Waals surface area contributed by atoms with E-state index in [-0.39, 0.29) is 11.5 Å². The summed E-state index contributed by atoms with van der Waals surface area (Å²) in [6.07, 6.45) is 0. The summed E-state index contributed by atoms with van der Waals surface area (Å²) in [6, 6.07) is 15.1. The molecular weight excluding hydrogens is 378 g/mol. The number of hydrogen-bond acceptors (Lipinski definition) is 5. The zero-order valence-corrected chi connectivity index (χ0v) is 16.3. The quantitative estimate of drug-likeness (QED) is 0.515. The molecule has 3 heterocycles. The minimum atomic E-state index is -0.204. The van der Waals surface area contributed by atoms with E-state index >= 15 is 0 Å². The lowest BCUT2D eigenvalue weighted by atomic mass is 10.1. The summed E-state index contributed by atoms with van der Waals surface area (Å²) < 4.78 is 1.24. The van der Waals surface area contributed by atoms with E-state index in [9.17, 15) is 9.59 Å². The lowest BCUT2D eigenvalue weighted by Crippen LogP contribution is -2.33. The molecule has 1 aromatic carbocycles. The Hall–Kier alpha value is -2.77. The molecule has 27 heavy (non-hydrogen) atoms. The molecule has 4 aromatic rings. The van der Waals surface area contributed by atoms with E-state index in [2.05, 4.69) is 5.10 Å². The number of nitrogens with zero attached hydrogens (tertiary/aromatic N) is 3. The van der Waals surface area contributed by atoms with Crippen molar-refractivity contribution >= 4 is 39.4 Å². The normalized spacial score (nSPS) is 11.0. The van der Waals surface area contributed by atoms with E-state index in [0.29, 0.717) is 29.6 Å². The molecule has 0 unspecified atom stereocenters. The molecular formula is C20H17N3O2S2. The summed E-state index contributed by atoms with van der Waals surface area (Å²) in [6.45, 7) is 1.01. The van der Waals surface area contributed by atoms with Gasteiger partial charge in [0.1, 0.15) is 0 Å². The number of fused-ring (bicyclic) bond motifs is 1. The fraction of sp³-hybridized carbons (Fsp3) is 0.150. The average molecular weight is 396 g/mol. The van der Waals surface area contributed by atoms with Crippen LogP contribution in [0.3, 0.4) is 0 Å². The van der Waals surface area contributed by atoms with E-state index in [0.717, 1.165) is 9.75 Å². The Labute approximate surface area is 164 Å². The van der Waals surface area contributed by atoms with Gasteiger partial charge >= 0.3 is 0 Å². The van der Waals surface area contributed by atoms with Crippen molar-refractivity contribution in [3.63, 3.8) is 0 Å². The van der Waals surface area contributed by atoms with Crippen LogP contribution in [0.1, 0.15) is 20.2 Å². The molecule has 4 rings (SSSR count). The summed E-state index contributed by atoms with van der Waals surface area (Å²) in [5.41, 5.74) is 0.103.